The first kappa shape index (κ1) is 15.0. The first-order valence-corrected chi connectivity index (χ1v) is 8.42. The van der Waals surface area contributed by atoms with Crippen LogP contribution in [0.2, 0.25) is 0 Å². The van der Waals surface area contributed by atoms with Gasteiger partial charge in [-0.15, -0.1) is 0 Å². The highest BCUT2D eigenvalue weighted by Gasteiger charge is 2.32. The van der Waals surface area contributed by atoms with Gasteiger partial charge in [0.15, 0.2) is 0 Å². The summed E-state index contributed by atoms with van der Waals surface area (Å²) < 4.78 is 5.83. The van der Waals surface area contributed by atoms with Crippen LogP contribution in [0.15, 0.2) is 58.3 Å². The first-order valence-electron chi connectivity index (χ1n) is 7.19. The number of hydrogen-bond donors (Lipinski definition) is 0. The fourth-order valence-corrected chi connectivity index (χ4v) is 3.67. The number of amides is 1. The molecule has 2 aromatic heterocycles. The summed E-state index contributed by atoms with van der Waals surface area (Å²) >= 11 is 6.62. The first-order chi connectivity index (χ1) is 11.7. The second-order valence-corrected chi connectivity index (χ2v) is 6.83. The second-order valence-electron chi connectivity index (χ2n) is 5.15. The van der Waals surface area contributed by atoms with E-state index < -0.39 is 0 Å². The van der Waals surface area contributed by atoms with Crippen LogP contribution in [0.1, 0.15) is 11.3 Å². The monoisotopic (exact) mass is 353 g/mol. The van der Waals surface area contributed by atoms with E-state index in [0.717, 1.165) is 16.6 Å². The molecule has 24 heavy (non-hydrogen) atoms. The fourth-order valence-electron chi connectivity index (χ4n) is 2.42. The molecule has 1 fully saturated rings. The van der Waals surface area contributed by atoms with Crippen LogP contribution >= 0.6 is 24.0 Å². The number of fused-ring (bicyclic) bond motifs is 1. The van der Waals surface area contributed by atoms with Crippen LogP contribution in [0.5, 0.6) is 0 Å². The van der Waals surface area contributed by atoms with Crippen LogP contribution in [0.4, 0.5) is 0 Å². The molecule has 3 aromatic rings. The van der Waals surface area contributed by atoms with E-state index in [0.29, 0.717) is 21.5 Å². The highest BCUT2D eigenvalue weighted by molar-refractivity contribution is 8.26. The molecule has 1 aliphatic rings. The smallest absolute Gasteiger partial charge is 0.266 e. The zero-order valence-corrected chi connectivity index (χ0v) is 14.0. The summed E-state index contributed by atoms with van der Waals surface area (Å²) in [6.45, 7) is 0.345. The molecule has 5 nitrogen and oxygen atoms in total. The van der Waals surface area contributed by atoms with E-state index in [1.54, 1.807) is 29.6 Å². The lowest BCUT2D eigenvalue weighted by atomic mass is 10.1. The van der Waals surface area contributed by atoms with E-state index in [1.807, 2.05) is 30.3 Å². The van der Waals surface area contributed by atoms with Crippen LogP contribution in [0.25, 0.3) is 17.1 Å². The minimum atomic E-state index is -0.111. The Balaban J connectivity index is 1.62. The Morgan fingerprint density at radius 2 is 2.04 bits per heavy atom. The molecule has 0 radical (unpaired) electrons. The largest absolute Gasteiger partial charge is 0.467 e. The quantitative estimate of drug-likeness (QED) is 0.529. The lowest BCUT2D eigenvalue weighted by Gasteiger charge is -2.11. The van der Waals surface area contributed by atoms with Crippen LogP contribution < -0.4 is 0 Å². The molecule has 0 bridgehead atoms. The molecule has 0 N–H and O–H groups in total. The number of benzene rings is 1. The van der Waals surface area contributed by atoms with Gasteiger partial charge in [0.05, 0.1) is 28.7 Å². The van der Waals surface area contributed by atoms with Gasteiger partial charge in [0.1, 0.15) is 10.1 Å². The number of aromatic nitrogens is 2. The zero-order chi connectivity index (χ0) is 16.5. The third-order valence-electron chi connectivity index (χ3n) is 3.56. The van der Waals surface area contributed by atoms with Gasteiger partial charge >= 0.3 is 0 Å². The van der Waals surface area contributed by atoms with Gasteiger partial charge in [-0.1, -0.05) is 30.0 Å². The summed E-state index contributed by atoms with van der Waals surface area (Å²) in [5, 5.41) is 0. The van der Waals surface area contributed by atoms with Crippen LogP contribution in [-0.4, -0.2) is 25.1 Å². The molecule has 1 amide bonds. The number of thiocarbonyl (C=S) groups is 1. The number of thioether (sulfide) groups is 1. The van der Waals surface area contributed by atoms with E-state index in [2.05, 4.69) is 9.97 Å². The predicted octanol–water partition coefficient (Wildman–Crippen LogP) is 3.62. The van der Waals surface area contributed by atoms with E-state index in [1.165, 1.54) is 11.8 Å². The summed E-state index contributed by atoms with van der Waals surface area (Å²) in [5.74, 6) is 0.592. The van der Waals surface area contributed by atoms with Gasteiger partial charge in [-0.2, -0.15) is 0 Å². The van der Waals surface area contributed by atoms with Crippen molar-refractivity contribution in [3.05, 3.63) is 65.2 Å². The summed E-state index contributed by atoms with van der Waals surface area (Å²) in [4.78, 5) is 23.3. The maximum absolute atomic E-state index is 12.6. The van der Waals surface area contributed by atoms with E-state index in [9.17, 15) is 4.79 Å². The molecule has 4 rings (SSSR count). The lowest BCUT2D eigenvalue weighted by molar-refractivity contribution is -0.122. The van der Waals surface area contributed by atoms with Crippen LogP contribution in [0, 0.1) is 0 Å². The van der Waals surface area contributed by atoms with Gasteiger partial charge in [-0.3, -0.25) is 19.7 Å². The van der Waals surface area contributed by atoms with Gasteiger partial charge in [-0.25, -0.2) is 0 Å². The molecular weight excluding hydrogens is 342 g/mol. The van der Waals surface area contributed by atoms with Gasteiger partial charge in [0.2, 0.25) is 0 Å². The van der Waals surface area contributed by atoms with Crippen LogP contribution in [0.3, 0.4) is 0 Å². The third-order valence-corrected chi connectivity index (χ3v) is 4.94. The Kier molecular flexibility index (Phi) is 3.87. The maximum atomic E-state index is 12.6. The van der Waals surface area contributed by atoms with E-state index >= 15 is 0 Å². The molecule has 118 valence electrons. The average molecular weight is 353 g/mol. The minimum Gasteiger partial charge on any atom is -0.467 e. The summed E-state index contributed by atoms with van der Waals surface area (Å²) in [5.41, 5.74) is 2.50. The molecule has 0 aliphatic carbocycles. The Hall–Kier alpha value is -2.51. The molecule has 0 saturated carbocycles. The molecular formula is C17H11N3O2S2. The van der Waals surface area contributed by atoms with Crippen molar-refractivity contribution < 1.29 is 9.21 Å². The van der Waals surface area contributed by atoms with Gasteiger partial charge < -0.3 is 4.42 Å². The van der Waals surface area contributed by atoms with Crippen molar-refractivity contribution in [2.24, 2.45) is 0 Å². The van der Waals surface area contributed by atoms with Gasteiger partial charge in [-0.05, 0) is 35.9 Å². The normalized spacial score (nSPS) is 16.5. The van der Waals surface area contributed by atoms with Crippen molar-refractivity contribution in [1.82, 2.24) is 14.9 Å². The lowest BCUT2D eigenvalue weighted by Crippen LogP contribution is -2.27. The Morgan fingerprint density at radius 3 is 2.83 bits per heavy atom. The molecule has 3 heterocycles. The SMILES string of the molecule is O=C1/C(=C/c2ccc3nccnc3c2)SC(=S)N1Cc1ccco1. The maximum Gasteiger partial charge on any atom is 0.266 e. The highest BCUT2D eigenvalue weighted by Crippen LogP contribution is 2.33. The standard InChI is InChI=1S/C17H11N3O2S2/c21-16-15(24-17(23)20(16)10-12-2-1-7-22-12)9-11-3-4-13-14(8-11)19-6-5-18-13/h1-9H,10H2/b15-9-. The van der Waals surface area contributed by atoms with Crippen LogP contribution in [-0.2, 0) is 11.3 Å². The van der Waals surface area contributed by atoms with Crippen molar-refractivity contribution in [2.45, 2.75) is 6.54 Å². The summed E-state index contributed by atoms with van der Waals surface area (Å²) in [7, 11) is 0. The number of carbonyl (C=O) groups excluding carboxylic acids is 1. The number of nitrogens with zero attached hydrogens (tertiary/aromatic N) is 3. The zero-order valence-electron chi connectivity index (χ0n) is 12.4. The molecule has 0 unspecified atom stereocenters. The number of rotatable bonds is 3. The molecule has 1 saturated heterocycles. The van der Waals surface area contributed by atoms with Gasteiger partial charge in [0, 0.05) is 12.4 Å². The second kappa shape index (κ2) is 6.18. The Labute approximate surface area is 147 Å². The molecule has 7 heteroatoms. The Bertz CT molecular complexity index is 967. The topological polar surface area (TPSA) is 59.2 Å². The van der Waals surface area contributed by atoms with Gasteiger partial charge in [0.25, 0.3) is 5.91 Å². The molecule has 1 aliphatic heterocycles. The van der Waals surface area contributed by atoms with Crippen molar-refractivity contribution in [3.63, 3.8) is 0 Å². The number of carbonyl (C=O) groups is 1. The number of furan rings is 1. The third kappa shape index (κ3) is 2.83. The number of hydrogen-bond acceptors (Lipinski definition) is 6. The van der Waals surface area contributed by atoms with Crippen molar-refractivity contribution >= 4 is 51.3 Å². The summed E-state index contributed by atoms with van der Waals surface area (Å²) in [6.07, 6.45) is 6.71. The summed E-state index contributed by atoms with van der Waals surface area (Å²) in [6, 6.07) is 9.32. The molecule has 0 spiro atoms. The minimum absolute atomic E-state index is 0.111. The molecule has 1 aromatic carbocycles. The predicted molar refractivity (Wildman–Crippen MR) is 97.0 cm³/mol. The van der Waals surface area contributed by atoms with E-state index in [-0.39, 0.29) is 5.91 Å². The van der Waals surface area contributed by atoms with Crippen molar-refractivity contribution in [3.8, 4) is 0 Å². The highest BCUT2D eigenvalue weighted by atomic mass is 32.2. The van der Waals surface area contributed by atoms with Crippen molar-refractivity contribution in [2.75, 3.05) is 0 Å². The molecule has 0 atom stereocenters. The van der Waals surface area contributed by atoms with E-state index in [4.69, 9.17) is 16.6 Å². The van der Waals surface area contributed by atoms with Crippen molar-refractivity contribution in [1.29, 1.82) is 0 Å². The fraction of sp³-hybridized carbons (Fsp3) is 0.0588. The Morgan fingerprint density at radius 1 is 1.21 bits per heavy atom. The average Bonchev–Trinajstić information content (AvgIpc) is 3.19.